The van der Waals surface area contributed by atoms with Crippen molar-refractivity contribution in [2.45, 2.75) is 77.1 Å². The van der Waals surface area contributed by atoms with Crippen LogP contribution < -0.4 is 4.74 Å². The van der Waals surface area contributed by atoms with Gasteiger partial charge in [0.15, 0.2) is 23.2 Å². The summed E-state index contributed by atoms with van der Waals surface area (Å²) in [5.74, 6) is -5.15. The minimum Gasteiger partial charge on any atom is -0.491 e. The van der Waals surface area contributed by atoms with Crippen LogP contribution in [0.5, 0.6) is 5.75 Å². The molecule has 0 spiro atoms. The predicted octanol–water partition coefficient (Wildman–Crippen LogP) is 8.52. The molecular formula is C31H33F5O3. The zero-order valence-corrected chi connectivity index (χ0v) is 22.1. The molecule has 210 valence electrons. The van der Waals surface area contributed by atoms with Gasteiger partial charge in [0, 0.05) is 22.3 Å². The topological polar surface area (TPSA) is 38.7 Å². The van der Waals surface area contributed by atoms with Crippen molar-refractivity contribution in [1.29, 1.82) is 0 Å². The molecular weight excluding hydrogens is 515 g/mol. The minimum absolute atomic E-state index is 0.0299. The van der Waals surface area contributed by atoms with E-state index in [4.69, 9.17) is 9.47 Å². The fourth-order valence-electron chi connectivity index (χ4n) is 5.18. The van der Waals surface area contributed by atoms with Crippen LogP contribution in [0.1, 0.15) is 81.1 Å². The molecule has 0 bridgehead atoms. The van der Waals surface area contributed by atoms with Crippen LogP contribution in [0.2, 0.25) is 0 Å². The van der Waals surface area contributed by atoms with Gasteiger partial charge in [0.2, 0.25) is 5.82 Å². The number of rotatable bonds is 10. The molecule has 0 saturated heterocycles. The average molecular weight is 549 g/mol. The molecule has 8 heteroatoms. The Hall–Kier alpha value is -2.97. The lowest BCUT2D eigenvalue weighted by Gasteiger charge is -2.29. The summed E-state index contributed by atoms with van der Waals surface area (Å²) in [7, 11) is 0. The van der Waals surface area contributed by atoms with Crippen LogP contribution >= 0.6 is 0 Å². The molecule has 0 radical (unpaired) electrons. The lowest BCUT2D eigenvalue weighted by Crippen LogP contribution is -2.21. The van der Waals surface area contributed by atoms with Crippen LogP contribution in [-0.2, 0) is 11.3 Å². The Kier molecular flexibility index (Phi) is 9.62. The van der Waals surface area contributed by atoms with Gasteiger partial charge in [-0.3, -0.25) is 0 Å². The molecule has 1 aliphatic carbocycles. The highest BCUT2D eigenvalue weighted by Gasteiger charge is 2.26. The van der Waals surface area contributed by atoms with Gasteiger partial charge in [-0.25, -0.2) is 17.6 Å². The molecule has 0 aromatic heterocycles. The third-order valence-corrected chi connectivity index (χ3v) is 7.36. The number of hydrogen-bond donors (Lipinski definition) is 1. The van der Waals surface area contributed by atoms with E-state index in [-0.39, 0.29) is 53.2 Å². The SMILES string of the molecule is CCCC(O)c1ccc(COC2CCC(c3ccc(-c4ccc(OCC)c(F)c4F)c(F)c3)CC2)c(F)c1F. The van der Waals surface area contributed by atoms with Crippen LogP contribution in [0.4, 0.5) is 22.0 Å². The van der Waals surface area contributed by atoms with E-state index in [0.29, 0.717) is 38.5 Å². The van der Waals surface area contributed by atoms with E-state index in [1.165, 1.54) is 36.4 Å². The maximum atomic E-state index is 15.0. The van der Waals surface area contributed by atoms with Crippen LogP contribution in [0.25, 0.3) is 11.1 Å². The number of aliphatic hydroxyl groups excluding tert-OH is 1. The highest BCUT2D eigenvalue weighted by Crippen LogP contribution is 2.38. The Bertz CT molecular complexity index is 1290. The van der Waals surface area contributed by atoms with Crippen molar-refractivity contribution in [1.82, 2.24) is 0 Å². The van der Waals surface area contributed by atoms with Crippen molar-refractivity contribution >= 4 is 0 Å². The third kappa shape index (κ3) is 6.44. The zero-order chi connectivity index (χ0) is 28.1. The van der Waals surface area contributed by atoms with Crippen molar-refractivity contribution in [2.75, 3.05) is 6.61 Å². The highest BCUT2D eigenvalue weighted by molar-refractivity contribution is 5.66. The Balaban J connectivity index is 1.36. The third-order valence-electron chi connectivity index (χ3n) is 7.36. The van der Waals surface area contributed by atoms with Crippen LogP contribution in [0.15, 0.2) is 42.5 Å². The van der Waals surface area contributed by atoms with Gasteiger partial charge in [0.05, 0.1) is 25.4 Å². The Morgan fingerprint density at radius 1 is 0.821 bits per heavy atom. The molecule has 3 aromatic rings. The molecule has 39 heavy (non-hydrogen) atoms. The summed E-state index contributed by atoms with van der Waals surface area (Å²) < 4.78 is 83.8. The Morgan fingerprint density at radius 3 is 2.21 bits per heavy atom. The van der Waals surface area contributed by atoms with Gasteiger partial charge in [0.1, 0.15) is 5.82 Å². The number of halogens is 5. The summed E-state index contributed by atoms with van der Waals surface area (Å²) in [6, 6.07) is 9.99. The standard InChI is InChI=1S/C31H33F5O3/c1-3-5-26(37)24-13-9-20(28(33)30(24)35)17-39-21-10-6-18(7-11-21)19-8-12-22(25(32)16-19)23-14-15-27(38-4-2)31(36)29(23)34/h8-9,12-16,18,21,26,37H,3-7,10-11,17H2,1-2H3. The van der Waals surface area contributed by atoms with E-state index < -0.39 is 35.2 Å². The molecule has 1 N–H and O–H groups in total. The normalized spacial score (nSPS) is 18.3. The van der Waals surface area contributed by atoms with Gasteiger partial charge in [-0.2, -0.15) is 4.39 Å². The summed E-state index contributed by atoms with van der Waals surface area (Å²) in [5.41, 5.74) is 0.604. The van der Waals surface area contributed by atoms with Crippen LogP contribution in [0.3, 0.4) is 0 Å². The van der Waals surface area contributed by atoms with E-state index in [1.807, 2.05) is 6.92 Å². The van der Waals surface area contributed by atoms with E-state index in [9.17, 15) is 22.7 Å². The summed E-state index contributed by atoms with van der Waals surface area (Å²) in [5, 5.41) is 10.0. The summed E-state index contributed by atoms with van der Waals surface area (Å²) >= 11 is 0. The first kappa shape index (κ1) is 29.0. The van der Waals surface area contributed by atoms with Gasteiger partial charge in [0.25, 0.3) is 0 Å². The molecule has 1 unspecified atom stereocenters. The molecule has 4 rings (SSSR count). The van der Waals surface area contributed by atoms with E-state index in [0.717, 1.165) is 5.56 Å². The number of hydrogen-bond acceptors (Lipinski definition) is 3. The molecule has 0 heterocycles. The van der Waals surface area contributed by atoms with E-state index >= 15 is 4.39 Å². The maximum absolute atomic E-state index is 15.0. The molecule has 3 nitrogen and oxygen atoms in total. The second-order valence-electron chi connectivity index (χ2n) is 9.94. The summed E-state index contributed by atoms with van der Waals surface area (Å²) in [6.45, 7) is 3.60. The quantitative estimate of drug-likeness (QED) is 0.258. The number of benzene rings is 3. The zero-order valence-electron chi connectivity index (χ0n) is 22.1. The second kappa shape index (κ2) is 12.9. The van der Waals surface area contributed by atoms with E-state index in [2.05, 4.69) is 0 Å². The van der Waals surface area contributed by atoms with Crippen molar-refractivity contribution in [3.8, 4) is 16.9 Å². The van der Waals surface area contributed by atoms with Crippen molar-refractivity contribution in [2.24, 2.45) is 0 Å². The average Bonchev–Trinajstić information content (AvgIpc) is 2.93. The molecule has 0 amide bonds. The van der Waals surface area contributed by atoms with Crippen molar-refractivity contribution in [3.05, 3.63) is 88.2 Å². The van der Waals surface area contributed by atoms with E-state index in [1.54, 1.807) is 13.0 Å². The smallest absolute Gasteiger partial charge is 0.201 e. The largest absolute Gasteiger partial charge is 0.491 e. The monoisotopic (exact) mass is 548 g/mol. The van der Waals surface area contributed by atoms with Crippen LogP contribution in [-0.4, -0.2) is 17.8 Å². The lowest BCUT2D eigenvalue weighted by atomic mass is 9.82. The van der Waals surface area contributed by atoms with Gasteiger partial charge in [-0.1, -0.05) is 37.6 Å². The first-order valence-corrected chi connectivity index (χ1v) is 13.4. The van der Waals surface area contributed by atoms with Crippen molar-refractivity contribution < 1.29 is 36.5 Å². The van der Waals surface area contributed by atoms with Gasteiger partial charge in [-0.15, -0.1) is 0 Å². The molecule has 1 atom stereocenters. The van der Waals surface area contributed by atoms with Gasteiger partial charge < -0.3 is 14.6 Å². The molecule has 3 aromatic carbocycles. The lowest BCUT2D eigenvalue weighted by molar-refractivity contribution is 0.0118. The first-order valence-electron chi connectivity index (χ1n) is 13.4. The molecule has 1 fully saturated rings. The molecule has 0 aliphatic heterocycles. The fourth-order valence-corrected chi connectivity index (χ4v) is 5.18. The second-order valence-corrected chi connectivity index (χ2v) is 9.94. The molecule has 1 aliphatic rings. The maximum Gasteiger partial charge on any atom is 0.201 e. The predicted molar refractivity (Wildman–Crippen MR) is 139 cm³/mol. The van der Waals surface area contributed by atoms with Gasteiger partial charge in [-0.05, 0) is 68.7 Å². The fraction of sp³-hybridized carbons (Fsp3) is 0.419. The molecule has 1 saturated carbocycles. The highest BCUT2D eigenvalue weighted by atomic mass is 19.2. The summed E-state index contributed by atoms with van der Waals surface area (Å²) in [6.07, 6.45) is 2.51. The van der Waals surface area contributed by atoms with Gasteiger partial charge >= 0.3 is 0 Å². The van der Waals surface area contributed by atoms with Crippen LogP contribution in [0, 0.1) is 29.1 Å². The number of ether oxygens (including phenoxy) is 2. The summed E-state index contributed by atoms with van der Waals surface area (Å²) in [4.78, 5) is 0. The minimum atomic E-state index is -1.16. The first-order chi connectivity index (χ1) is 18.7. The Morgan fingerprint density at radius 2 is 1.54 bits per heavy atom. The van der Waals surface area contributed by atoms with Crippen molar-refractivity contribution in [3.63, 3.8) is 0 Å². The number of aliphatic hydroxyl groups is 1. The Labute approximate surface area is 225 Å².